The van der Waals surface area contributed by atoms with Crippen LogP contribution in [0.15, 0.2) is 0 Å². The smallest absolute Gasteiger partial charge is 0.324 e. The molecule has 0 rings (SSSR count). The maximum atomic E-state index is 11.6. The van der Waals surface area contributed by atoms with Gasteiger partial charge in [-0.1, -0.05) is 27.7 Å². The molecule has 0 bridgehead atoms. The fraction of sp³-hybridized carbons (Fsp3) is 0.923. The molecule has 17 heavy (non-hydrogen) atoms. The van der Waals surface area contributed by atoms with Gasteiger partial charge in [-0.25, -0.2) is 0 Å². The van der Waals surface area contributed by atoms with Crippen molar-refractivity contribution in [3.05, 3.63) is 0 Å². The van der Waals surface area contributed by atoms with Gasteiger partial charge in [0.25, 0.3) is 0 Å². The highest BCUT2D eigenvalue weighted by Gasteiger charge is 2.22. The van der Waals surface area contributed by atoms with Gasteiger partial charge in [0.1, 0.15) is 6.04 Å². The zero-order valence-electron chi connectivity index (χ0n) is 12.2. The van der Waals surface area contributed by atoms with Gasteiger partial charge >= 0.3 is 5.97 Å². The number of methoxy groups -OCH3 is 1. The number of hydrogen-bond acceptors (Lipinski definition) is 4. The first-order valence-electron chi connectivity index (χ1n) is 6.30. The third kappa shape index (κ3) is 8.16. The number of rotatable bonds is 7. The minimum Gasteiger partial charge on any atom is -0.468 e. The van der Waals surface area contributed by atoms with E-state index in [0.29, 0.717) is 6.54 Å². The fourth-order valence-electron chi connectivity index (χ4n) is 1.87. The van der Waals surface area contributed by atoms with E-state index in [1.54, 1.807) is 0 Å². The molecule has 0 spiro atoms. The lowest BCUT2D eigenvalue weighted by molar-refractivity contribution is -0.143. The molecule has 0 aliphatic heterocycles. The Bertz CT molecular complexity index is 224. The third-order valence-electron chi connectivity index (χ3n) is 2.36. The molecule has 0 aromatic heterocycles. The van der Waals surface area contributed by atoms with Crippen molar-refractivity contribution in [1.29, 1.82) is 0 Å². The van der Waals surface area contributed by atoms with Crippen molar-refractivity contribution in [2.75, 3.05) is 33.8 Å². The topological polar surface area (TPSA) is 41.6 Å². The second kappa shape index (κ2) is 7.67. The van der Waals surface area contributed by atoms with E-state index in [0.717, 1.165) is 19.5 Å². The Kier molecular flexibility index (Phi) is 7.39. The largest absolute Gasteiger partial charge is 0.468 e. The van der Waals surface area contributed by atoms with E-state index in [4.69, 9.17) is 4.74 Å². The van der Waals surface area contributed by atoms with Crippen LogP contribution >= 0.6 is 0 Å². The molecule has 0 radical (unpaired) electrons. The van der Waals surface area contributed by atoms with Crippen LogP contribution in [0.4, 0.5) is 0 Å². The van der Waals surface area contributed by atoms with Crippen LogP contribution in [-0.4, -0.2) is 50.7 Å². The molecule has 0 saturated carbocycles. The molecule has 102 valence electrons. The lowest BCUT2D eigenvalue weighted by atomic mass is 9.96. The van der Waals surface area contributed by atoms with E-state index >= 15 is 0 Å². The molecule has 4 nitrogen and oxygen atoms in total. The average Bonchev–Trinajstić information content (AvgIpc) is 2.20. The summed E-state index contributed by atoms with van der Waals surface area (Å²) in [5, 5.41) is 3.22. The molecule has 0 aliphatic carbocycles. The quantitative estimate of drug-likeness (QED) is 0.689. The van der Waals surface area contributed by atoms with Crippen LogP contribution in [0.5, 0.6) is 0 Å². The number of nitrogens with zero attached hydrogens (tertiary/aromatic N) is 1. The molecule has 1 N–H and O–H groups in total. The zero-order valence-corrected chi connectivity index (χ0v) is 12.2. The fourth-order valence-corrected chi connectivity index (χ4v) is 1.87. The second-order valence-electron chi connectivity index (χ2n) is 5.79. The maximum absolute atomic E-state index is 11.6. The van der Waals surface area contributed by atoms with Gasteiger partial charge in [0.05, 0.1) is 7.11 Å². The lowest BCUT2D eigenvalue weighted by Crippen LogP contribution is -2.47. The van der Waals surface area contributed by atoms with E-state index in [9.17, 15) is 4.79 Å². The Hall–Kier alpha value is -0.610. The molecule has 1 atom stereocenters. The highest BCUT2D eigenvalue weighted by atomic mass is 16.5. The number of carbonyl (C=O) groups is 1. The van der Waals surface area contributed by atoms with Crippen LogP contribution in [0.3, 0.4) is 0 Å². The van der Waals surface area contributed by atoms with Crippen LogP contribution in [0, 0.1) is 5.41 Å². The molecule has 4 heteroatoms. The highest BCUT2D eigenvalue weighted by molar-refractivity contribution is 5.75. The molecule has 0 fully saturated rings. The number of ether oxygens (including phenoxy) is 1. The Balaban J connectivity index is 4.26. The van der Waals surface area contributed by atoms with Crippen molar-refractivity contribution in [3.8, 4) is 0 Å². The standard InChI is InChI=1S/C13H28N2O2/c1-7-8-14-11(12(16)17-6)9-15(5)10-13(2,3)4/h11,14H,7-10H2,1-6H3. The predicted molar refractivity (Wildman–Crippen MR) is 71.0 cm³/mol. The van der Waals surface area contributed by atoms with E-state index < -0.39 is 0 Å². The monoisotopic (exact) mass is 244 g/mol. The predicted octanol–water partition coefficient (Wildman–Crippen LogP) is 1.51. The SMILES string of the molecule is CCCNC(CN(C)CC(C)(C)C)C(=O)OC. The minimum atomic E-state index is -0.229. The molecule has 0 aromatic rings. The van der Waals surface area contributed by atoms with Gasteiger partial charge in [0.15, 0.2) is 0 Å². The van der Waals surface area contributed by atoms with Crippen molar-refractivity contribution in [3.63, 3.8) is 0 Å². The van der Waals surface area contributed by atoms with Crippen LogP contribution in [-0.2, 0) is 9.53 Å². The second-order valence-corrected chi connectivity index (χ2v) is 5.79. The lowest BCUT2D eigenvalue weighted by Gasteiger charge is -2.29. The van der Waals surface area contributed by atoms with E-state index in [1.807, 2.05) is 7.05 Å². The third-order valence-corrected chi connectivity index (χ3v) is 2.36. The van der Waals surface area contributed by atoms with E-state index in [-0.39, 0.29) is 17.4 Å². The van der Waals surface area contributed by atoms with Crippen molar-refractivity contribution in [2.24, 2.45) is 5.41 Å². The molecule has 1 unspecified atom stereocenters. The summed E-state index contributed by atoms with van der Waals surface area (Å²) in [6.45, 7) is 11.1. The Morgan fingerprint density at radius 1 is 1.41 bits per heavy atom. The Labute approximate surface area is 106 Å². The average molecular weight is 244 g/mol. The summed E-state index contributed by atoms with van der Waals surface area (Å²) in [5.41, 5.74) is 0.236. The van der Waals surface area contributed by atoms with Crippen LogP contribution in [0.25, 0.3) is 0 Å². The summed E-state index contributed by atoms with van der Waals surface area (Å²) < 4.78 is 4.81. The van der Waals surface area contributed by atoms with Gasteiger partial charge in [0.2, 0.25) is 0 Å². The minimum absolute atomic E-state index is 0.181. The van der Waals surface area contributed by atoms with Crippen LogP contribution in [0.1, 0.15) is 34.1 Å². The Morgan fingerprint density at radius 2 is 2.00 bits per heavy atom. The van der Waals surface area contributed by atoms with Gasteiger partial charge in [-0.3, -0.25) is 4.79 Å². The van der Waals surface area contributed by atoms with Gasteiger partial charge in [-0.05, 0) is 25.4 Å². The highest BCUT2D eigenvalue weighted by Crippen LogP contribution is 2.14. The first-order valence-corrected chi connectivity index (χ1v) is 6.30. The van der Waals surface area contributed by atoms with Gasteiger partial charge in [-0.2, -0.15) is 0 Å². The van der Waals surface area contributed by atoms with E-state index in [2.05, 4.69) is 37.9 Å². The summed E-state index contributed by atoms with van der Waals surface area (Å²) in [6.07, 6.45) is 1.01. The molecule has 0 aromatic carbocycles. The number of esters is 1. The summed E-state index contributed by atoms with van der Waals surface area (Å²) in [5.74, 6) is -0.181. The molecule has 0 heterocycles. The molecule has 0 aliphatic rings. The van der Waals surface area contributed by atoms with Crippen molar-refractivity contribution in [1.82, 2.24) is 10.2 Å². The number of likely N-dealkylation sites (N-methyl/N-ethyl adjacent to an activating group) is 1. The normalized spacial score (nSPS) is 13.8. The van der Waals surface area contributed by atoms with Gasteiger partial charge < -0.3 is 15.0 Å². The molecule has 0 saturated heterocycles. The van der Waals surface area contributed by atoms with E-state index in [1.165, 1.54) is 7.11 Å². The van der Waals surface area contributed by atoms with Gasteiger partial charge in [0, 0.05) is 13.1 Å². The summed E-state index contributed by atoms with van der Waals surface area (Å²) in [7, 11) is 3.47. The number of nitrogens with one attached hydrogen (secondary N) is 1. The van der Waals surface area contributed by atoms with Gasteiger partial charge in [-0.15, -0.1) is 0 Å². The van der Waals surface area contributed by atoms with Crippen LogP contribution in [0.2, 0.25) is 0 Å². The number of carbonyl (C=O) groups excluding carboxylic acids is 1. The van der Waals surface area contributed by atoms with Crippen LogP contribution < -0.4 is 5.32 Å². The summed E-state index contributed by atoms with van der Waals surface area (Å²) >= 11 is 0. The maximum Gasteiger partial charge on any atom is 0.324 e. The molecule has 0 amide bonds. The number of hydrogen-bond donors (Lipinski definition) is 1. The molecular formula is C13H28N2O2. The first kappa shape index (κ1) is 16.4. The first-order chi connectivity index (χ1) is 7.80. The summed E-state index contributed by atoms with van der Waals surface area (Å²) in [6, 6.07) is -0.229. The Morgan fingerprint density at radius 3 is 2.41 bits per heavy atom. The van der Waals surface area contributed by atoms with Crippen molar-refractivity contribution >= 4 is 5.97 Å². The van der Waals surface area contributed by atoms with Crippen molar-refractivity contribution in [2.45, 2.75) is 40.2 Å². The van der Waals surface area contributed by atoms with Crippen molar-refractivity contribution < 1.29 is 9.53 Å². The zero-order chi connectivity index (χ0) is 13.5. The molecular weight excluding hydrogens is 216 g/mol. The summed E-state index contributed by atoms with van der Waals surface area (Å²) in [4.78, 5) is 13.8.